The average molecular weight is 167 g/mol. The molecule has 0 aromatic rings. The number of nitrogens with zero attached hydrogens (tertiary/aromatic N) is 1. The van der Waals surface area contributed by atoms with Crippen LogP contribution in [0.3, 0.4) is 0 Å². The number of aliphatic hydroxyl groups is 1. The Balaban J connectivity index is 4.00. The maximum atomic E-state index is 10.4. The molecule has 60 valence electrons. The zero-order valence-electron chi connectivity index (χ0n) is 5.52. The van der Waals surface area contributed by atoms with Crippen LogP contribution in [-0.4, -0.2) is 38.2 Å². The van der Waals surface area contributed by atoms with Crippen LogP contribution in [0, 0.1) is 4.91 Å². The Morgan fingerprint density at radius 3 is 2.20 bits per heavy atom. The van der Waals surface area contributed by atoms with Crippen LogP contribution < -0.4 is 0 Å². The average Bonchev–Trinajstić information content (AvgIpc) is 1.81. The van der Waals surface area contributed by atoms with E-state index in [1.54, 1.807) is 0 Å². The van der Waals surface area contributed by atoms with Gasteiger partial charge in [-0.15, -0.1) is 0 Å². The van der Waals surface area contributed by atoms with Crippen LogP contribution in [0.5, 0.6) is 0 Å². The van der Waals surface area contributed by atoms with Crippen LogP contribution in [0.15, 0.2) is 5.18 Å². The smallest absolute Gasteiger partial charge is 0.149 e. The lowest BCUT2D eigenvalue weighted by atomic mass is 10.4. The van der Waals surface area contributed by atoms with Crippen molar-refractivity contribution in [3.63, 3.8) is 0 Å². The van der Waals surface area contributed by atoms with Crippen LogP contribution in [0.4, 0.5) is 0 Å². The first-order valence-corrected chi connectivity index (χ1v) is 4.66. The number of hydrogen-bond acceptors (Lipinski definition) is 5. The fourth-order valence-electron chi connectivity index (χ4n) is 0.466. The van der Waals surface area contributed by atoms with Gasteiger partial charge in [0.15, 0.2) is 0 Å². The number of aliphatic hydroxyl groups excluding tert-OH is 1. The van der Waals surface area contributed by atoms with Crippen LogP contribution in [0.1, 0.15) is 0 Å². The summed E-state index contributed by atoms with van der Waals surface area (Å²) >= 11 is 0. The quantitative estimate of drug-likeness (QED) is 0.553. The highest BCUT2D eigenvalue weighted by molar-refractivity contribution is 7.90. The van der Waals surface area contributed by atoms with Gasteiger partial charge >= 0.3 is 0 Å². The lowest BCUT2D eigenvalue weighted by Crippen LogP contribution is -2.21. The summed E-state index contributed by atoms with van der Waals surface area (Å²) in [5.41, 5.74) is 0. The van der Waals surface area contributed by atoms with Crippen molar-refractivity contribution in [3.05, 3.63) is 4.91 Å². The van der Waals surface area contributed by atoms with Gasteiger partial charge in [0.2, 0.25) is 0 Å². The van der Waals surface area contributed by atoms with E-state index in [-0.39, 0.29) is 5.75 Å². The summed E-state index contributed by atoms with van der Waals surface area (Å²) < 4.78 is 20.9. The van der Waals surface area contributed by atoms with E-state index in [1.807, 2.05) is 0 Å². The Labute approximate surface area is 58.9 Å². The summed E-state index contributed by atoms with van der Waals surface area (Å²) in [5, 5.41) is 10.7. The van der Waals surface area contributed by atoms with Crippen molar-refractivity contribution < 1.29 is 13.5 Å². The molecule has 1 atom stereocenters. The molecule has 0 saturated heterocycles. The molecule has 0 aliphatic rings. The monoisotopic (exact) mass is 167 g/mol. The maximum absolute atomic E-state index is 10.4. The molecule has 6 heteroatoms. The molecule has 5 nitrogen and oxygen atoms in total. The number of sulfone groups is 1. The first kappa shape index (κ1) is 9.51. The Hall–Kier alpha value is -0.490. The third kappa shape index (κ3) is 4.39. The highest BCUT2D eigenvalue weighted by Gasteiger charge is 2.13. The molecule has 10 heavy (non-hydrogen) atoms. The molecule has 0 aromatic carbocycles. The fourth-order valence-corrected chi connectivity index (χ4v) is 1.33. The summed E-state index contributed by atoms with van der Waals surface area (Å²) in [7, 11) is -3.20. The van der Waals surface area contributed by atoms with Gasteiger partial charge < -0.3 is 5.11 Å². The molecule has 0 amide bonds. The minimum Gasteiger partial charge on any atom is -0.394 e. The minimum absolute atomic E-state index is 0.382. The van der Waals surface area contributed by atoms with Crippen molar-refractivity contribution in [2.24, 2.45) is 5.18 Å². The zero-order valence-corrected chi connectivity index (χ0v) is 6.34. The van der Waals surface area contributed by atoms with Gasteiger partial charge in [0, 0.05) is 6.26 Å². The van der Waals surface area contributed by atoms with Crippen molar-refractivity contribution in [3.8, 4) is 0 Å². The summed E-state index contributed by atoms with van der Waals surface area (Å²) in [6.45, 7) is -0.517. The van der Waals surface area contributed by atoms with Gasteiger partial charge in [-0.05, 0) is 0 Å². The van der Waals surface area contributed by atoms with E-state index in [4.69, 9.17) is 5.11 Å². The fraction of sp³-hybridized carbons (Fsp3) is 1.00. The van der Waals surface area contributed by atoms with Gasteiger partial charge in [0.25, 0.3) is 0 Å². The molecule has 0 spiro atoms. The second kappa shape index (κ2) is 3.62. The Morgan fingerprint density at radius 2 is 2.10 bits per heavy atom. The van der Waals surface area contributed by atoms with E-state index < -0.39 is 22.5 Å². The molecule has 1 unspecified atom stereocenters. The summed E-state index contributed by atoms with van der Waals surface area (Å²) in [6, 6.07) is -1.02. The van der Waals surface area contributed by atoms with E-state index in [1.165, 1.54) is 0 Å². The van der Waals surface area contributed by atoms with Crippen molar-refractivity contribution in [2.45, 2.75) is 6.04 Å². The van der Waals surface area contributed by atoms with Crippen molar-refractivity contribution in [2.75, 3.05) is 18.6 Å². The van der Waals surface area contributed by atoms with E-state index >= 15 is 0 Å². The summed E-state index contributed by atoms with van der Waals surface area (Å²) in [6.07, 6.45) is 0.987. The van der Waals surface area contributed by atoms with Crippen LogP contribution in [0.25, 0.3) is 0 Å². The highest BCUT2D eigenvalue weighted by Crippen LogP contribution is 1.93. The van der Waals surface area contributed by atoms with E-state index in [0.29, 0.717) is 0 Å². The van der Waals surface area contributed by atoms with Crippen LogP contribution in [0.2, 0.25) is 0 Å². The summed E-state index contributed by atoms with van der Waals surface area (Å²) in [5.74, 6) is -0.382. The Morgan fingerprint density at radius 1 is 1.60 bits per heavy atom. The largest absolute Gasteiger partial charge is 0.394 e. The second-order valence-electron chi connectivity index (χ2n) is 2.03. The lowest BCUT2D eigenvalue weighted by Gasteiger charge is -2.00. The zero-order chi connectivity index (χ0) is 8.20. The Bertz CT molecular complexity index is 197. The van der Waals surface area contributed by atoms with Crippen molar-refractivity contribution in [1.82, 2.24) is 0 Å². The van der Waals surface area contributed by atoms with Gasteiger partial charge in [0.05, 0.1) is 12.4 Å². The molecule has 0 saturated carbocycles. The van der Waals surface area contributed by atoms with Gasteiger partial charge in [-0.2, -0.15) is 4.91 Å². The topological polar surface area (TPSA) is 83.8 Å². The van der Waals surface area contributed by atoms with Crippen LogP contribution >= 0.6 is 0 Å². The third-order valence-electron chi connectivity index (χ3n) is 0.855. The van der Waals surface area contributed by atoms with E-state index in [2.05, 4.69) is 5.18 Å². The Kier molecular flexibility index (Phi) is 3.45. The summed E-state index contributed by atoms with van der Waals surface area (Å²) in [4.78, 5) is 9.74. The predicted octanol–water partition coefficient (Wildman–Crippen LogP) is -0.842. The molecular formula is C4H9NO4S. The van der Waals surface area contributed by atoms with Gasteiger partial charge in [-0.1, -0.05) is 5.18 Å². The first-order chi connectivity index (χ1) is 4.49. The molecule has 0 radical (unpaired) electrons. The van der Waals surface area contributed by atoms with E-state index in [9.17, 15) is 13.3 Å². The third-order valence-corrected chi connectivity index (χ3v) is 1.85. The number of hydrogen-bond donors (Lipinski definition) is 1. The number of nitroso groups, excluding NO2 is 1. The predicted molar refractivity (Wildman–Crippen MR) is 36.4 cm³/mol. The maximum Gasteiger partial charge on any atom is 0.149 e. The highest BCUT2D eigenvalue weighted by atomic mass is 32.2. The molecule has 1 N–H and O–H groups in total. The lowest BCUT2D eigenvalue weighted by molar-refractivity contribution is 0.274. The molecule has 0 aliphatic carbocycles. The van der Waals surface area contributed by atoms with E-state index in [0.717, 1.165) is 6.26 Å². The first-order valence-electron chi connectivity index (χ1n) is 2.60. The molecule has 0 heterocycles. The van der Waals surface area contributed by atoms with Crippen molar-refractivity contribution >= 4 is 9.84 Å². The molecule has 0 aliphatic heterocycles. The standard InChI is InChI=1S/C4H9NO4S/c1-10(8,9)3-4(2-6)5-7/h4,6H,2-3H2,1H3. The molecular weight excluding hydrogens is 158 g/mol. The SMILES string of the molecule is CS(=O)(=O)CC(CO)N=O. The molecule has 0 rings (SSSR count). The van der Waals surface area contributed by atoms with Crippen LogP contribution in [-0.2, 0) is 9.84 Å². The normalized spacial score (nSPS) is 14.6. The molecule has 0 fully saturated rings. The van der Waals surface area contributed by atoms with Crippen molar-refractivity contribution in [1.29, 1.82) is 0 Å². The molecule has 0 aromatic heterocycles. The molecule has 0 bridgehead atoms. The number of rotatable bonds is 4. The van der Waals surface area contributed by atoms with Gasteiger partial charge in [-0.3, -0.25) is 0 Å². The second-order valence-corrected chi connectivity index (χ2v) is 4.22. The van der Waals surface area contributed by atoms with Gasteiger partial charge in [-0.25, -0.2) is 8.42 Å². The minimum atomic E-state index is -3.20. The van der Waals surface area contributed by atoms with Gasteiger partial charge in [0.1, 0.15) is 15.9 Å².